The second-order valence-corrected chi connectivity index (χ2v) is 6.00. The lowest BCUT2D eigenvalue weighted by atomic mass is 10.1. The number of thioether (sulfide) groups is 1. The van der Waals surface area contributed by atoms with E-state index in [1.807, 2.05) is 19.1 Å². The SMILES string of the molecule is Cc1ccc(C(=O)C(C)Sc2nc(=O)c(=O)[nH]n2C)cc1. The van der Waals surface area contributed by atoms with Gasteiger partial charge >= 0.3 is 11.1 Å². The molecule has 0 bridgehead atoms. The Balaban J connectivity index is 2.21. The van der Waals surface area contributed by atoms with Crippen LogP contribution in [0, 0.1) is 6.92 Å². The number of rotatable bonds is 4. The molecule has 1 aromatic carbocycles. The molecule has 0 radical (unpaired) electrons. The number of H-pyrrole nitrogens is 1. The molecular weight excluding hydrogens is 290 g/mol. The highest BCUT2D eigenvalue weighted by Crippen LogP contribution is 2.22. The van der Waals surface area contributed by atoms with Gasteiger partial charge < -0.3 is 0 Å². The minimum atomic E-state index is -0.856. The zero-order valence-electron chi connectivity index (χ0n) is 11.9. The quantitative estimate of drug-likeness (QED) is 0.520. The zero-order chi connectivity index (χ0) is 15.6. The molecule has 0 aliphatic heterocycles. The van der Waals surface area contributed by atoms with Gasteiger partial charge in [0, 0.05) is 12.6 Å². The van der Waals surface area contributed by atoms with E-state index in [-0.39, 0.29) is 5.78 Å². The van der Waals surface area contributed by atoms with Crippen molar-refractivity contribution in [2.45, 2.75) is 24.3 Å². The summed E-state index contributed by atoms with van der Waals surface area (Å²) in [6.45, 7) is 3.69. The van der Waals surface area contributed by atoms with Crippen LogP contribution in [-0.2, 0) is 7.05 Å². The molecule has 2 aromatic rings. The van der Waals surface area contributed by atoms with Crippen LogP contribution < -0.4 is 11.1 Å². The molecule has 110 valence electrons. The smallest absolute Gasteiger partial charge is 0.293 e. The molecule has 7 heteroatoms. The van der Waals surface area contributed by atoms with Gasteiger partial charge in [0.05, 0.1) is 5.25 Å². The highest BCUT2D eigenvalue weighted by atomic mass is 32.2. The second kappa shape index (κ2) is 6.09. The van der Waals surface area contributed by atoms with Crippen LogP contribution in [0.25, 0.3) is 0 Å². The Hall–Kier alpha value is -2.15. The summed E-state index contributed by atoms with van der Waals surface area (Å²) in [5.74, 6) is -0.0551. The summed E-state index contributed by atoms with van der Waals surface area (Å²) in [4.78, 5) is 38.4. The van der Waals surface area contributed by atoms with E-state index in [9.17, 15) is 14.4 Å². The fourth-order valence-electron chi connectivity index (χ4n) is 1.73. The average molecular weight is 305 g/mol. The molecule has 0 amide bonds. The summed E-state index contributed by atoms with van der Waals surface area (Å²) in [7, 11) is 1.57. The fourth-order valence-corrected chi connectivity index (χ4v) is 2.63. The Labute approximate surface area is 125 Å². The summed E-state index contributed by atoms with van der Waals surface area (Å²) in [6, 6.07) is 7.29. The van der Waals surface area contributed by atoms with Crippen molar-refractivity contribution in [2.75, 3.05) is 0 Å². The molecule has 1 atom stereocenters. The number of aryl methyl sites for hydroxylation is 2. The highest BCUT2D eigenvalue weighted by Gasteiger charge is 2.18. The molecule has 0 saturated heterocycles. The number of nitrogens with zero attached hydrogens (tertiary/aromatic N) is 2. The van der Waals surface area contributed by atoms with Gasteiger partial charge in [0.15, 0.2) is 10.9 Å². The van der Waals surface area contributed by atoms with Gasteiger partial charge in [-0.15, -0.1) is 0 Å². The van der Waals surface area contributed by atoms with E-state index in [1.165, 1.54) is 4.68 Å². The highest BCUT2D eigenvalue weighted by molar-refractivity contribution is 8.00. The maximum absolute atomic E-state index is 12.3. The standard InChI is InChI=1S/C14H15N3O3S/c1-8-4-6-10(7-5-8)11(18)9(2)21-14-15-12(19)13(20)16-17(14)3/h4-7,9H,1-3H3,(H,16,20). The minimum Gasteiger partial charge on any atom is -0.293 e. The number of hydrogen-bond acceptors (Lipinski definition) is 5. The van der Waals surface area contributed by atoms with E-state index in [1.54, 1.807) is 26.1 Å². The Morgan fingerprint density at radius 2 is 1.90 bits per heavy atom. The Morgan fingerprint density at radius 1 is 1.29 bits per heavy atom. The molecular formula is C14H15N3O3S. The van der Waals surface area contributed by atoms with Crippen molar-refractivity contribution in [3.8, 4) is 0 Å². The first-order valence-electron chi connectivity index (χ1n) is 6.33. The molecule has 1 heterocycles. The van der Waals surface area contributed by atoms with E-state index < -0.39 is 16.4 Å². The summed E-state index contributed by atoms with van der Waals surface area (Å²) >= 11 is 1.13. The molecule has 0 saturated carbocycles. The molecule has 2 rings (SSSR count). The molecule has 1 aromatic heterocycles. The Kier molecular flexibility index (Phi) is 4.42. The largest absolute Gasteiger partial charge is 0.339 e. The first-order chi connectivity index (χ1) is 9.88. The maximum Gasteiger partial charge on any atom is 0.339 e. The van der Waals surface area contributed by atoms with Crippen molar-refractivity contribution >= 4 is 17.5 Å². The normalized spacial score (nSPS) is 12.1. The average Bonchev–Trinajstić information content (AvgIpc) is 2.44. The van der Waals surface area contributed by atoms with Crippen LogP contribution in [0.3, 0.4) is 0 Å². The molecule has 21 heavy (non-hydrogen) atoms. The van der Waals surface area contributed by atoms with Gasteiger partial charge in [-0.1, -0.05) is 41.6 Å². The lowest BCUT2D eigenvalue weighted by molar-refractivity contribution is 0.0994. The Bertz CT molecular complexity index is 777. The van der Waals surface area contributed by atoms with Crippen LogP contribution in [0.1, 0.15) is 22.8 Å². The van der Waals surface area contributed by atoms with Gasteiger partial charge in [-0.2, -0.15) is 4.98 Å². The van der Waals surface area contributed by atoms with Crippen LogP contribution in [0.2, 0.25) is 0 Å². The van der Waals surface area contributed by atoms with E-state index in [0.717, 1.165) is 17.3 Å². The third-order valence-corrected chi connectivity index (χ3v) is 4.08. The van der Waals surface area contributed by atoms with Gasteiger partial charge in [0.25, 0.3) is 0 Å². The van der Waals surface area contributed by atoms with Crippen molar-refractivity contribution in [1.82, 2.24) is 14.8 Å². The van der Waals surface area contributed by atoms with Crippen molar-refractivity contribution in [2.24, 2.45) is 7.05 Å². The van der Waals surface area contributed by atoms with E-state index in [0.29, 0.717) is 10.7 Å². The molecule has 0 fully saturated rings. The lowest BCUT2D eigenvalue weighted by Crippen LogP contribution is -2.34. The van der Waals surface area contributed by atoms with E-state index >= 15 is 0 Å². The zero-order valence-corrected chi connectivity index (χ0v) is 12.7. The number of nitrogens with one attached hydrogen (secondary N) is 1. The first kappa shape index (κ1) is 15.2. The lowest BCUT2D eigenvalue weighted by Gasteiger charge is -2.11. The number of ketones is 1. The molecule has 1 N–H and O–H groups in total. The van der Waals surface area contributed by atoms with Gasteiger partial charge in [-0.3, -0.25) is 24.2 Å². The molecule has 0 aliphatic carbocycles. The van der Waals surface area contributed by atoms with Crippen molar-refractivity contribution in [3.05, 3.63) is 56.1 Å². The number of Topliss-reactive ketones (excluding diaryl/α,β-unsaturated/α-hetero) is 1. The van der Waals surface area contributed by atoms with Crippen LogP contribution in [0.4, 0.5) is 0 Å². The summed E-state index contributed by atoms with van der Waals surface area (Å²) in [5, 5.41) is 2.23. The van der Waals surface area contributed by atoms with Gasteiger partial charge in [-0.05, 0) is 13.8 Å². The second-order valence-electron chi connectivity index (χ2n) is 4.69. The topological polar surface area (TPSA) is 84.8 Å². The van der Waals surface area contributed by atoms with Crippen molar-refractivity contribution in [3.63, 3.8) is 0 Å². The predicted octanol–water partition coefficient (Wildman–Crippen LogP) is 1.14. The molecule has 0 spiro atoms. The van der Waals surface area contributed by atoms with E-state index in [2.05, 4.69) is 10.1 Å². The molecule has 6 nitrogen and oxygen atoms in total. The van der Waals surface area contributed by atoms with Crippen LogP contribution in [0.15, 0.2) is 39.0 Å². The number of hydrogen-bond donors (Lipinski definition) is 1. The van der Waals surface area contributed by atoms with Gasteiger partial charge in [-0.25, -0.2) is 0 Å². The Morgan fingerprint density at radius 3 is 2.52 bits per heavy atom. The molecule has 0 aliphatic rings. The minimum absolute atomic E-state index is 0.0551. The number of carbonyl (C=O) groups excluding carboxylic acids is 1. The van der Waals surface area contributed by atoms with Gasteiger partial charge in [0.2, 0.25) is 0 Å². The summed E-state index contributed by atoms with van der Waals surface area (Å²) < 4.78 is 1.34. The van der Waals surface area contributed by atoms with Crippen molar-refractivity contribution < 1.29 is 4.79 Å². The fraction of sp³-hybridized carbons (Fsp3) is 0.286. The van der Waals surface area contributed by atoms with E-state index in [4.69, 9.17) is 0 Å². The third kappa shape index (κ3) is 3.49. The number of benzene rings is 1. The number of aromatic nitrogens is 3. The predicted molar refractivity (Wildman–Crippen MR) is 80.9 cm³/mol. The van der Waals surface area contributed by atoms with Crippen LogP contribution in [-0.4, -0.2) is 25.8 Å². The monoisotopic (exact) mass is 305 g/mol. The maximum atomic E-state index is 12.3. The van der Waals surface area contributed by atoms with Crippen LogP contribution in [0.5, 0.6) is 0 Å². The summed E-state index contributed by atoms with van der Waals surface area (Å²) in [5.41, 5.74) is 0.0523. The number of carbonyl (C=O) groups is 1. The molecule has 1 unspecified atom stereocenters. The van der Waals surface area contributed by atoms with Crippen LogP contribution >= 0.6 is 11.8 Å². The number of aromatic amines is 1. The third-order valence-electron chi connectivity index (χ3n) is 2.94. The summed E-state index contributed by atoms with van der Waals surface area (Å²) in [6.07, 6.45) is 0. The first-order valence-corrected chi connectivity index (χ1v) is 7.21. The van der Waals surface area contributed by atoms with Crippen molar-refractivity contribution in [1.29, 1.82) is 0 Å². The van der Waals surface area contributed by atoms with Gasteiger partial charge in [0.1, 0.15) is 0 Å².